The molecule has 2 N–H and O–H groups in total. The molecule has 12 heteroatoms. The third-order valence-electron chi connectivity index (χ3n) is 10.00. The van der Waals surface area contributed by atoms with Gasteiger partial charge in [0.1, 0.15) is 5.75 Å². The summed E-state index contributed by atoms with van der Waals surface area (Å²) in [5.41, 5.74) is 12.7. The van der Waals surface area contributed by atoms with Crippen molar-refractivity contribution in [3.05, 3.63) is 107 Å². The van der Waals surface area contributed by atoms with E-state index >= 15 is 0 Å². The first-order valence-corrected chi connectivity index (χ1v) is 17.7. The molecule has 4 aliphatic heterocycles. The lowest BCUT2D eigenvalue weighted by Crippen LogP contribution is -2.32. The van der Waals surface area contributed by atoms with E-state index in [0.717, 1.165) is 28.0 Å². The number of nitrogen functional groups attached to an aromatic ring is 1. The van der Waals surface area contributed by atoms with Gasteiger partial charge in [0.2, 0.25) is 0 Å². The predicted octanol–water partition coefficient (Wildman–Crippen LogP) is 7.09. The Bertz CT molecular complexity index is 2260. The molecule has 0 radical (unpaired) electrons. The maximum Gasteiger partial charge on any atom is 0.260 e. The number of methoxy groups -OCH3 is 3. The summed E-state index contributed by atoms with van der Waals surface area (Å²) in [5.74, 6) is 2.24. The van der Waals surface area contributed by atoms with Crippen molar-refractivity contribution in [3.63, 3.8) is 0 Å². The molecule has 0 saturated heterocycles. The normalized spacial score (nSPS) is 18.1. The molecule has 0 aromatic heterocycles. The molecule has 12 nitrogen and oxygen atoms in total. The van der Waals surface area contributed by atoms with Gasteiger partial charge in [-0.25, -0.2) is 0 Å². The molecule has 54 heavy (non-hydrogen) atoms. The van der Waals surface area contributed by atoms with Crippen LogP contribution >= 0.6 is 0 Å². The van der Waals surface area contributed by atoms with Crippen LogP contribution in [0.3, 0.4) is 0 Å². The van der Waals surface area contributed by atoms with E-state index in [1.165, 1.54) is 7.11 Å². The third-order valence-corrected chi connectivity index (χ3v) is 10.00. The summed E-state index contributed by atoms with van der Waals surface area (Å²) in [4.78, 5) is 40.3. The number of nitrogens with zero attached hydrogens (tertiary/aromatic N) is 4. The number of ether oxygens (including phenoxy) is 5. The predicted molar refractivity (Wildman–Crippen MR) is 207 cm³/mol. The van der Waals surface area contributed by atoms with Gasteiger partial charge in [-0.15, -0.1) is 0 Å². The third kappa shape index (κ3) is 6.40. The number of fused-ring (bicyclic) bond motifs is 4. The molecule has 0 fully saturated rings. The summed E-state index contributed by atoms with van der Waals surface area (Å²) >= 11 is 0. The van der Waals surface area contributed by atoms with Crippen molar-refractivity contribution in [2.24, 2.45) is 9.98 Å². The Kier molecular flexibility index (Phi) is 9.24. The van der Waals surface area contributed by atoms with Crippen molar-refractivity contribution in [2.75, 3.05) is 40.3 Å². The lowest BCUT2D eigenvalue weighted by atomic mass is 10.0. The maximum atomic E-state index is 13.7. The fourth-order valence-electron chi connectivity index (χ4n) is 7.15. The van der Waals surface area contributed by atoms with E-state index in [2.05, 4.69) is 4.99 Å². The molecule has 0 unspecified atom stereocenters. The highest BCUT2D eigenvalue weighted by Gasteiger charge is 2.35. The van der Waals surface area contributed by atoms with Crippen LogP contribution in [0.25, 0.3) is 11.1 Å². The number of benzene rings is 4. The summed E-state index contributed by atoms with van der Waals surface area (Å²) in [7, 11) is 4.71. The van der Waals surface area contributed by atoms with Gasteiger partial charge in [0, 0.05) is 67.5 Å². The van der Waals surface area contributed by atoms with E-state index in [1.807, 2.05) is 67.1 Å². The second-order valence-corrected chi connectivity index (χ2v) is 13.2. The van der Waals surface area contributed by atoms with Gasteiger partial charge in [0.15, 0.2) is 23.0 Å². The van der Waals surface area contributed by atoms with Gasteiger partial charge in [0.05, 0.1) is 69.1 Å². The minimum Gasteiger partial charge on any atom is -0.497 e. The number of hydrogen-bond acceptors (Lipinski definition) is 10. The van der Waals surface area contributed by atoms with Crippen molar-refractivity contribution in [2.45, 2.75) is 31.3 Å². The number of amides is 2. The molecule has 4 aliphatic rings. The minimum atomic E-state index is -0.229. The zero-order valence-corrected chi connectivity index (χ0v) is 30.2. The molecule has 0 aliphatic carbocycles. The number of aliphatic imine (C=N–C) groups is 2. The second-order valence-electron chi connectivity index (χ2n) is 13.2. The van der Waals surface area contributed by atoms with Crippen LogP contribution in [-0.2, 0) is 0 Å². The van der Waals surface area contributed by atoms with Crippen LogP contribution < -0.4 is 29.4 Å². The molecule has 2 atom stereocenters. The first-order valence-electron chi connectivity index (χ1n) is 17.7. The molecule has 4 aromatic carbocycles. The first kappa shape index (κ1) is 34.5. The maximum absolute atomic E-state index is 13.7. The average molecular weight is 726 g/mol. The minimum absolute atomic E-state index is 0.158. The first-order chi connectivity index (χ1) is 26.3. The largest absolute Gasteiger partial charge is 0.497 e. The smallest absolute Gasteiger partial charge is 0.260 e. The lowest BCUT2D eigenvalue weighted by Gasteiger charge is -2.19. The number of carbonyl (C=O) groups is 2. The Balaban J connectivity index is 0.913. The second kappa shape index (κ2) is 14.5. The van der Waals surface area contributed by atoms with Crippen molar-refractivity contribution >= 4 is 52.5 Å². The van der Waals surface area contributed by atoms with E-state index < -0.39 is 0 Å². The van der Waals surface area contributed by atoms with Crippen LogP contribution in [-0.4, -0.2) is 80.7 Å². The van der Waals surface area contributed by atoms with E-state index in [1.54, 1.807) is 54.5 Å². The standard InChI is InChI=1S/C42H39N5O7/c1-50-30-11-9-25(10-12-30)26-15-28-21-44-35-19-39(37(51-2)17-32(35)41(48)46(28)23-26)53-13-6-14-54-40-20-36-33(18-38(40)52-3)42(49)47-24-27(16-29(47)22-45-36)31-7-4-5-8-34(31)43/h4-5,7-12,17-24,28-29H,6,13-16,43H2,1-3H3/t28-,29-/m0/s1. The van der Waals surface area contributed by atoms with E-state index in [-0.39, 0.29) is 23.9 Å². The Morgan fingerprint density at radius 1 is 0.648 bits per heavy atom. The van der Waals surface area contributed by atoms with Crippen LogP contribution in [0.15, 0.2) is 95.2 Å². The fourth-order valence-corrected chi connectivity index (χ4v) is 7.15. The number of nitrogens with two attached hydrogens (primary N) is 1. The highest BCUT2D eigenvalue weighted by atomic mass is 16.5. The summed E-state index contributed by atoms with van der Waals surface area (Å²) in [6.07, 6.45) is 9.14. The van der Waals surface area contributed by atoms with Crippen LogP contribution in [0, 0.1) is 0 Å². The van der Waals surface area contributed by atoms with Crippen molar-refractivity contribution in [3.8, 4) is 28.7 Å². The fraction of sp³-hybridized carbons (Fsp3) is 0.238. The van der Waals surface area contributed by atoms with Gasteiger partial charge in [-0.3, -0.25) is 19.6 Å². The highest BCUT2D eigenvalue weighted by Crippen LogP contribution is 2.42. The van der Waals surface area contributed by atoms with E-state index in [4.69, 9.17) is 34.4 Å². The van der Waals surface area contributed by atoms with Crippen LogP contribution in [0.5, 0.6) is 28.7 Å². The Morgan fingerprint density at radius 2 is 1.19 bits per heavy atom. The highest BCUT2D eigenvalue weighted by molar-refractivity contribution is 6.06. The Labute approximate surface area is 312 Å². The molecule has 8 rings (SSSR count). The Hall–Kier alpha value is -6.56. The number of rotatable bonds is 11. The number of anilines is 1. The SMILES string of the molecule is COc1ccc(C2=CN3C(=O)c4cc(OC)c(OCCCOc5cc6c(cc5OC)C(=O)N5C=C(c7ccccc7N)C[C@H]5C=N6)cc4N=C[C@@H]3C2)cc1. The molecular formula is C42H39N5O7. The Morgan fingerprint density at radius 3 is 1.72 bits per heavy atom. The molecule has 0 saturated carbocycles. The molecular weight excluding hydrogens is 686 g/mol. The zero-order chi connectivity index (χ0) is 37.3. The van der Waals surface area contributed by atoms with Crippen LogP contribution in [0.4, 0.5) is 17.1 Å². The number of para-hydroxylation sites is 1. The lowest BCUT2D eigenvalue weighted by molar-refractivity contribution is 0.0809. The van der Waals surface area contributed by atoms with E-state index in [0.29, 0.717) is 83.7 Å². The topological polar surface area (TPSA) is 138 Å². The monoisotopic (exact) mass is 725 g/mol. The van der Waals surface area contributed by atoms with Gasteiger partial charge < -0.3 is 39.2 Å². The van der Waals surface area contributed by atoms with Gasteiger partial charge in [-0.05, 0) is 47.0 Å². The zero-order valence-electron chi connectivity index (χ0n) is 30.2. The molecule has 4 aromatic rings. The average Bonchev–Trinajstić information content (AvgIpc) is 3.77. The summed E-state index contributed by atoms with van der Waals surface area (Å²) in [5, 5.41) is 0. The quantitative estimate of drug-likeness (QED) is 0.128. The molecule has 4 heterocycles. The van der Waals surface area contributed by atoms with Gasteiger partial charge >= 0.3 is 0 Å². The molecule has 0 spiro atoms. The van der Waals surface area contributed by atoms with Gasteiger partial charge in [-0.2, -0.15) is 0 Å². The van der Waals surface area contributed by atoms with Crippen molar-refractivity contribution in [1.82, 2.24) is 9.80 Å². The summed E-state index contributed by atoms with van der Waals surface area (Å²) in [6, 6.07) is 21.8. The number of carbonyl (C=O) groups excluding carboxylic acids is 2. The van der Waals surface area contributed by atoms with Crippen LogP contribution in [0.2, 0.25) is 0 Å². The van der Waals surface area contributed by atoms with Gasteiger partial charge in [0.25, 0.3) is 11.8 Å². The molecule has 274 valence electrons. The van der Waals surface area contributed by atoms with E-state index in [9.17, 15) is 9.59 Å². The molecule has 2 amide bonds. The molecule has 0 bridgehead atoms. The van der Waals surface area contributed by atoms with Crippen LogP contribution in [0.1, 0.15) is 51.1 Å². The van der Waals surface area contributed by atoms with Crippen molar-refractivity contribution < 1.29 is 33.3 Å². The summed E-state index contributed by atoms with van der Waals surface area (Å²) in [6.45, 7) is 0.603. The number of hydrogen-bond donors (Lipinski definition) is 1. The van der Waals surface area contributed by atoms with Crippen molar-refractivity contribution in [1.29, 1.82) is 0 Å². The summed E-state index contributed by atoms with van der Waals surface area (Å²) < 4.78 is 28.8. The van der Waals surface area contributed by atoms with Gasteiger partial charge in [-0.1, -0.05) is 30.3 Å².